The fourth-order valence-corrected chi connectivity index (χ4v) is 3.09. The van der Waals surface area contributed by atoms with Crippen LogP contribution in [0.2, 0.25) is 0 Å². The number of likely N-dealkylation sites (tertiary alicyclic amines) is 1. The summed E-state index contributed by atoms with van der Waals surface area (Å²) in [6.45, 7) is 6.97. The quantitative estimate of drug-likeness (QED) is 0.733. The third-order valence-corrected chi connectivity index (χ3v) is 4.29. The summed E-state index contributed by atoms with van der Waals surface area (Å²) in [6, 6.07) is 0. The number of nitrogens with zero attached hydrogens (tertiary/aromatic N) is 2. The zero-order valence-corrected chi connectivity index (χ0v) is 12.5. The molecule has 2 aliphatic rings. The minimum absolute atomic E-state index is 0.302. The number of halogens is 1. The molecule has 18 heavy (non-hydrogen) atoms. The van der Waals surface area contributed by atoms with E-state index >= 15 is 0 Å². The van der Waals surface area contributed by atoms with E-state index in [0.717, 1.165) is 63.5 Å². The maximum absolute atomic E-state index is 11.8. The Morgan fingerprint density at radius 3 is 2.44 bits per heavy atom. The van der Waals surface area contributed by atoms with Crippen LogP contribution in [0.3, 0.4) is 0 Å². The largest absolute Gasteiger partial charge is 0.379 e. The molecule has 0 saturated carbocycles. The lowest BCUT2D eigenvalue weighted by Crippen LogP contribution is -2.44. The molecular weight excluding hydrogens is 296 g/mol. The molecule has 0 aromatic heterocycles. The van der Waals surface area contributed by atoms with Gasteiger partial charge in [-0.05, 0) is 18.8 Å². The van der Waals surface area contributed by atoms with Gasteiger partial charge in [-0.1, -0.05) is 15.9 Å². The van der Waals surface area contributed by atoms with Gasteiger partial charge in [-0.25, -0.2) is 0 Å². The van der Waals surface area contributed by atoms with Crippen LogP contribution in [0.1, 0.15) is 19.3 Å². The SMILES string of the molecule is O=C(CCBr)N1CCC(CN2CCOCC2)CC1. The van der Waals surface area contributed by atoms with E-state index in [2.05, 4.69) is 20.8 Å². The Morgan fingerprint density at radius 2 is 1.83 bits per heavy atom. The highest BCUT2D eigenvalue weighted by atomic mass is 79.9. The predicted molar refractivity (Wildman–Crippen MR) is 75.0 cm³/mol. The Hall–Kier alpha value is -0.130. The fourth-order valence-electron chi connectivity index (χ4n) is 2.75. The Kier molecular flexibility index (Phi) is 5.92. The zero-order valence-electron chi connectivity index (χ0n) is 10.9. The summed E-state index contributed by atoms with van der Waals surface area (Å²) >= 11 is 3.33. The lowest BCUT2D eigenvalue weighted by molar-refractivity contribution is -0.132. The van der Waals surface area contributed by atoms with Gasteiger partial charge in [-0.15, -0.1) is 0 Å². The van der Waals surface area contributed by atoms with Crippen molar-refractivity contribution in [3.05, 3.63) is 0 Å². The number of carbonyl (C=O) groups is 1. The summed E-state index contributed by atoms with van der Waals surface area (Å²) in [5.41, 5.74) is 0. The maximum atomic E-state index is 11.8. The average Bonchev–Trinajstić information content (AvgIpc) is 2.41. The number of morpholine rings is 1. The highest BCUT2D eigenvalue weighted by Crippen LogP contribution is 2.19. The Bertz CT molecular complexity index is 262. The average molecular weight is 319 g/mol. The van der Waals surface area contributed by atoms with Crippen LogP contribution in [-0.2, 0) is 9.53 Å². The summed E-state index contributed by atoms with van der Waals surface area (Å²) < 4.78 is 5.37. The Balaban J connectivity index is 1.68. The van der Waals surface area contributed by atoms with Gasteiger partial charge < -0.3 is 9.64 Å². The van der Waals surface area contributed by atoms with E-state index in [0.29, 0.717) is 12.3 Å². The summed E-state index contributed by atoms with van der Waals surface area (Å²) in [4.78, 5) is 16.3. The van der Waals surface area contributed by atoms with Gasteiger partial charge in [0.05, 0.1) is 13.2 Å². The van der Waals surface area contributed by atoms with E-state index < -0.39 is 0 Å². The Labute approximate surface area is 118 Å². The molecule has 0 bridgehead atoms. The number of hydrogen-bond acceptors (Lipinski definition) is 3. The molecule has 2 fully saturated rings. The van der Waals surface area contributed by atoms with Crippen molar-refractivity contribution >= 4 is 21.8 Å². The van der Waals surface area contributed by atoms with Crippen molar-refractivity contribution in [2.24, 2.45) is 5.92 Å². The smallest absolute Gasteiger partial charge is 0.223 e. The van der Waals surface area contributed by atoms with Gasteiger partial charge in [0.25, 0.3) is 0 Å². The van der Waals surface area contributed by atoms with Crippen LogP contribution in [0, 0.1) is 5.92 Å². The fraction of sp³-hybridized carbons (Fsp3) is 0.923. The van der Waals surface area contributed by atoms with E-state index in [1.807, 2.05) is 4.90 Å². The number of alkyl halides is 1. The van der Waals surface area contributed by atoms with Gasteiger partial charge in [0.1, 0.15) is 0 Å². The van der Waals surface area contributed by atoms with Crippen LogP contribution < -0.4 is 0 Å². The van der Waals surface area contributed by atoms with E-state index in [1.54, 1.807) is 0 Å². The maximum Gasteiger partial charge on any atom is 0.223 e. The first-order valence-corrected chi connectivity index (χ1v) is 8.05. The standard InChI is InChI=1S/C13H23BrN2O2/c14-4-1-13(17)16-5-2-12(3-6-16)11-15-7-9-18-10-8-15/h12H,1-11H2. The van der Waals surface area contributed by atoms with Crippen LogP contribution in [0.5, 0.6) is 0 Å². The van der Waals surface area contributed by atoms with E-state index in [1.165, 1.54) is 6.54 Å². The molecule has 2 saturated heterocycles. The lowest BCUT2D eigenvalue weighted by Gasteiger charge is -2.36. The monoisotopic (exact) mass is 318 g/mol. The molecule has 0 aromatic rings. The van der Waals surface area contributed by atoms with Crippen molar-refractivity contribution in [2.75, 3.05) is 51.3 Å². The molecule has 2 heterocycles. The molecule has 0 aromatic carbocycles. The van der Waals surface area contributed by atoms with Gasteiger partial charge in [-0.2, -0.15) is 0 Å². The topological polar surface area (TPSA) is 32.8 Å². The summed E-state index contributed by atoms with van der Waals surface area (Å²) in [5.74, 6) is 1.06. The van der Waals surface area contributed by atoms with Crippen molar-refractivity contribution in [1.29, 1.82) is 0 Å². The zero-order chi connectivity index (χ0) is 12.8. The number of piperidine rings is 1. The molecule has 2 rings (SSSR count). The highest BCUT2D eigenvalue weighted by Gasteiger charge is 2.24. The second kappa shape index (κ2) is 7.46. The third-order valence-electron chi connectivity index (χ3n) is 3.90. The van der Waals surface area contributed by atoms with Crippen LogP contribution in [0.4, 0.5) is 0 Å². The number of ether oxygens (including phenoxy) is 1. The summed E-state index contributed by atoms with van der Waals surface area (Å²) in [5, 5.41) is 0.777. The predicted octanol–water partition coefficient (Wildman–Crippen LogP) is 1.34. The number of amides is 1. The second-order valence-corrected chi connectivity index (χ2v) is 5.97. The number of hydrogen-bond donors (Lipinski definition) is 0. The van der Waals surface area contributed by atoms with Crippen LogP contribution >= 0.6 is 15.9 Å². The van der Waals surface area contributed by atoms with E-state index in [9.17, 15) is 4.79 Å². The van der Waals surface area contributed by atoms with Crippen molar-refractivity contribution in [1.82, 2.24) is 9.80 Å². The molecule has 0 spiro atoms. The van der Waals surface area contributed by atoms with Crippen LogP contribution in [-0.4, -0.2) is 67.0 Å². The van der Waals surface area contributed by atoms with Crippen molar-refractivity contribution < 1.29 is 9.53 Å². The van der Waals surface area contributed by atoms with Gasteiger partial charge in [0, 0.05) is 44.5 Å². The van der Waals surface area contributed by atoms with Crippen molar-refractivity contribution in [3.8, 4) is 0 Å². The third kappa shape index (κ3) is 4.21. The highest BCUT2D eigenvalue weighted by molar-refractivity contribution is 9.09. The molecule has 4 nitrogen and oxygen atoms in total. The second-order valence-electron chi connectivity index (χ2n) is 5.18. The van der Waals surface area contributed by atoms with E-state index in [-0.39, 0.29) is 0 Å². The van der Waals surface area contributed by atoms with Gasteiger partial charge in [0.15, 0.2) is 0 Å². The molecule has 0 unspecified atom stereocenters. The Morgan fingerprint density at radius 1 is 1.17 bits per heavy atom. The number of carbonyl (C=O) groups excluding carboxylic acids is 1. The molecular formula is C13H23BrN2O2. The van der Waals surface area contributed by atoms with Gasteiger partial charge in [-0.3, -0.25) is 9.69 Å². The first kappa shape index (κ1) is 14.3. The summed E-state index contributed by atoms with van der Waals surface area (Å²) in [6.07, 6.45) is 2.95. The van der Waals surface area contributed by atoms with Crippen LogP contribution in [0.15, 0.2) is 0 Å². The van der Waals surface area contributed by atoms with E-state index in [4.69, 9.17) is 4.74 Å². The first-order chi connectivity index (χ1) is 8.79. The molecule has 1 amide bonds. The molecule has 0 radical (unpaired) electrons. The lowest BCUT2D eigenvalue weighted by atomic mass is 9.96. The molecule has 0 atom stereocenters. The van der Waals surface area contributed by atoms with Gasteiger partial charge >= 0.3 is 0 Å². The normalized spacial score (nSPS) is 23.3. The first-order valence-electron chi connectivity index (χ1n) is 6.93. The molecule has 104 valence electrons. The van der Waals surface area contributed by atoms with Crippen molar-refractivity contribution in [3.63, 3.8) is 0 Å². The summed E-state index contributed by atoms with van der Waals surface area (Å²) in [7, 11) is 0. The minimum Gasteiger partial charge on any atom is -0.379 e. The molecule has 2 aliphatic heterocycles. The van der Waals surface area contributed by atoms with Crippen molar-refractivity contribution in [2.45, 2.75) is 19.3 Å². The van der Waals surface area contributed by atoms with Gasteiger partial charge in [0.2, 0.25) is 5.91 Å². The number of rotatable bonds is 4. The molecule has 0 N–H and O–H groups in total. The molecule has 0 aliphatic carbocycles. The minimum atomic E-state index is 0.302. The van der Waals surface area contributed by atoms with Crippen LogP contribution in [0.25, 0.3) is 0 Å². The molecule has 5 heteroatoms.